The lowest BCUT2D eigenvalue weighted by Crippen LogP contribution is -2.27. The molecular formula is C15H19NO3. The van der Waals surface area contributed by atoms with Crippen molar-refractivity contribution in [2.75, 3.05) is 13.6 Å². The van der Waals surface area contributed by atoms with Gasteiger partial charge >= 0.3 is 5.63 Å². The molecule has 1 heterocycles. The van der Waals surface area contributed by atoms with Crippen molar-refractivity contribution < 1.29 is 9.52 Å². The summed E-state index contributed by atoms with van der Waals surface area (Å²) in [6.07, 6.45) is -0.390. The summed E-state index contributed by atoms with van der Waals surface area (Å²) < 4.78 is 5.22. The number of nitrogens with zero attached hydrogens (tertiary/aromatic N) is 1. The molecule has 0 aliphatic rings. The predicted octanol–water partition coefficient (Wildman–Crippen LogP) is 1.91. The first-order chi connectivity index (χ1) is 8.95. The van der Waals surface area contributed by atoms with Gasteiger partial charge in [0.15, 0.2) is 0 Å². The second kappa shape index (κ2) is 5.55. The van der Waals surface area contributed by atoms with E-state index < -0.39 is 6.10 Å². The summed E-state index contributed by atoms with van der Waals surface area (Å²) in [5, 5.41) is 10.3. The number of likely N-dealkylation sites (N-methyl/N-ethyl adjacent to an activating group) is 1. The Hall–Kier alpha value is -1.65. The quantitative estimate of drug-likeness (QED) is 0.854. The fourth-order valence-corrected chi connectivity index (χ4v) is 2.27. The van der Waals surface area contributed by atoms with Gasteiger partial charge in [-0.25, -0.2) is 4.79 Å². The van der Waals surface area contributed by atoms with E-state index in [1.165, 1.54) is 6.07 Å². The SMILES string of the molecule is Cc1ccc2c(CN(C)CC(C)O)cc(=O)oc2c1. The molecule has 0 saturated carbocycles. The second-order valence-corrected chi connectivity index (χ2v) is 5.14. The highest BCUT2D eigenvalue weighted by Crippen LogP contribution is 2.19. The zero-order valence-electron chi connectivity index (χ0n) is 11.5. The van der Waals surface area contributed by atoms with E-state index in [1.54, 1.807) is 6.92 Å². The maximum Gasteiger partial charge on any atom is 0.336 e. The Labute approximate surface area is 112 Å². The van der Waals surface area contributed by atoms with Crippen LogP contribution in [0.15, 0.2) is 33.5 Å². The molecule has 0 aliphatic heterocycles. The lowest BCUT2D eigenvalue weighted by Gasteiger charge is -2.18. The van der Waals surface area contributed by atoms with Gasteiger partial charge in [-0.05, 0) is 38.1 Å². The van der Waals surface area contributed by atoms with Crippen molar-refractivity contribution in [3.8, 4) is 0 Å². The summed E-state index contributed by atoms with van der Waals surface area (Å²) in [4.78, 5) is 13.6. The maximum absolute atomic E-state index is 11.6. The van der Waals surface area contributed by atoms with E-state index in [2.05, 4.69) is 0 Å². The Balaban J connectivity index is 2.39. The topological polar surface area (TPSA) is 53.7 Å². The molecular weight excluding hydrogens is 242 g/mol. The van der Waals surface area contributed by atoms with Crippen LogP contribution < -0.4 is 5.63 Å². The standard InChI is InChI=1S/C15H19NO3/c1-10-4-5-13-12(9-16(3)8-11(2)17)7-15(18)19-14(13)6-10/h4-7,11,17H,8-9H2,1-3H3. The third-order valence-corrected chi connectivity index (χ3v) is 3.00. The molecule has 0 bridgehead atoms. The average molecular weight is 261 g/mol. The minimum atomic E-state index is -0.390. The summed E-state index contributed by atoms with van der Waals surface area (Å²) in [7, 11) is 1.92. The number of benzene rings is 1. The molecule has 1 aromatic heterocycles. The van der Waals surface area contributed by atoms with Gasteiger partial charge in [-0.2, -0.15) is 0 Å². The van der Waals surface area contributed by atoms with Crippen molar-refractivity contribution in [3.63, 3.8) is 0 Å². The van der Waals surface area contributed by atoms with E-state index >= 15 is 0 Å². The second-order valence-electron chi connectivity index (χ2n) is 5.14. The third kappa shape index (κ3) is 3.43. The van der Waals surface area contributed by atoms with Gasteiger partial charge in [0.1, 0.15) is 5.58 Å². The van der Waals surface area contributed by atoms with Gasteiger partial charge < -0.3 is 9.52 Å². The fourth-order valence-electron chi connectivity index (χ4n) is 2.27. The van der Waals surface area contributed by atoms with Crippen LogP contribution in [0, 0.1) is 6.92 Å². The minimum Gasteiger partial charge on any atom is -0.423 e. The highest BCUT2D eigenvalue weighted by Gasteiger charge is 2.09. The predicted molar refractivity (Wildman–Crippen MR) is 75.2 cm³/mol. The Bertz CT molecular complexity index is 631. The molecule has 0 amide bonds. The van der Waals surface area contributed by atoms with Crippen LogP contribution in [0.25, 0.3) is 11.0 Å². The highest BCUT2D eigenvalue weighted by molar-refractivity contribution is 5.80. The Morgan fingerprint density at radius 2 is 2.11 bits per heavy atom. The first kappa shape index (κ1) is 13.8. The van der Waals surface area contributed by atoms with Gasteiger partial charge in [-0.1, -0.05) is 12.1 Å². The molecule has 0 fully saturated rings. The Kier molecular flexibility index (Phi) is 4.02. The number of fused-ring (bicyclic) bond motifs is 1. The number of aliphatic hydroxyl groups excluding tert-OH is 1. The molecule has 4 nitrogen and oxygen atoms in total. The molecule has 0 aliphatic carbocycles. The van der Waals surface area contributed by atoms with Crippen LogP contribution in [-0.2, 0) is 6.54 Å². The molecule has 1 aromatic carbocycles. The number of hydrogen-bond acceptors (Lipinski definition) is 4. The molecule has 0 saturated heterocycles. The smallest absolute Gasteiger partial charge is 0.336 e. The maximum atomic E-state index is 11.6. The number of hydrogen-bond donors (Lipinski definition) is 1. The molecule has 2 aromatic rings. The molecule has 2 rings (SSSR count). The van der Waals surface area contributed by atoms with Crippen molar-refractivity contribution in [2.45, 2.75) is 26.5 Å². The van der Waals surface area contributed by atoms with Gasteiger partial charge in [0.25, 0.3) is 0 Å². The fraction of sp³-hybridized carbons (Fsp3) is 0.400. The summed E-state index contributed by atoms with van der Waals surface area (Å²) in [6, 6.07) is 7.37. The lowest BCUT2D eigenvalue weighted by molar-refractivity contribution is 0.138. The molecule has 102 valence electrons. The lowest BCUT2D eigenvalue weighted by atomic mass is 10.1. The van der Waals surface area contributed by atoms with Crippen LogP contribution in [0.4, 0.5) is 0 Å². The van der Waals surface area contributed by atoms with Crippen molar-refractivity contribution in [3.05, 3.63) is 45.8 Å². The first-order valence-electron chi connectivity index (χ1n) is 6.35. The zero-order valence-corrected chi connectivity index (χ0v) is 11.5. The minimum absolute atomic E-state index is 0.335. The zero-order chi connectivity index (χ0) is 14.0. The van der Waals surface area contributed by atoms with Crippen LogP contribution in [0.2, 0.25) is 0 Å². The monoisotopic (exact) mass is 261 g/mol. The van der Waals surface area contributed by atoms with Crippen molar-refractivity contribution in [1.82, 2.24) is 4.90 Å². The van der Waals surface area contributed by atoms with E-state index in [0.29, 0.717) is 18.7 Å². The van der Waals surface area contributed by atoms with E-state index in [9.17, 15) is 9.90 Å². The van der Waals surface area contributed by atoms with Crippen LogP contribution in [0.1, 0.15) is 18.1 Å². The Morgan fingerprint density at radius 1 is 1.37 bits per heavy atom. The molecule has 0 spiro atoms. The van der Waals surface area contributed by atoms with Gasteiger partial charge in [-0.3, -0.25) is 4.90 Å². The van der Waals surface area contributed by atoms with E-state index in [1.807, 2.05) is 37.1 Å². The van der Waals surface area contributed by atoms with Crippen LogP contribution in [-0.4, -0.2) is 29.7 Å². The normalized spacial score (nSPS) is 13.1. The Morgan fingerprint density at radius 3 is 2.79 bits per heavy atom. The number of rotatable bonds is 4. The van der Waals surface area contributed by atoms with Gasteiger partial charge in [0.2, 0.25) is 0 Å². The van der Waals surface area contributed by atoms with Crippen LogP contribution >= 0.6 is 0 Å². The van der Waals surface area contributed by atoms with E-state index in [4.69, 9.17) is 4.42 Å². The highest BCUT2D eigenvalue weighted by atomic mass is 16.4. The summed E-state index contributed by atoms with van der Waals surface area (Å²) >= 11 is 0. The number of aliphatic hydroxyl groups is 1. The molecule has 1 N–H and O–H groups in total. The molecule has 19 heavy (non-hydrogen) atoms. The van der Waals surface area contributed by atoms with Crippen molar-refractivity contribution in [1.29, 1.82) is 0 Å². The van der Waals surface area contributed by atoms with Crippen molar-refractivity contribution in [2.24, 2.45) is 0 Å². The summed E-state index contributed by atoms with van der Waals surface area (Å²) in [5.74, 6) is 0. The van der Waals surface area contributed by atoms with Gasteiger partial charge in [0, 0.05) is 24.5 Å². The molecule has 1 unspecified atom stereocenters. The number of aryl methyl sites for hydroxylation is 1. The molecule has 0 radical (unpaired) electrons. The van der Waals surface area contributed by atoms with Crippen LogP contribution in [0.5, 0.6) is 0 Å². The first-order valence-corrected chi connectivity index (χ1v) is 6.35. The van der Waals surface area contributed by atoms with E-state index in [-0.39, 0.29) is 5.63 Å². The molecule has 4 heteroatoms. The van der Waals surface area contributed by atoms with Crippen LogP contribution in [0.3, 0.4) is 0 Å². The van der Waals surface area contributed by atoms with Gasteiger partial charge in [0.05, 0.1) is 6.10 Å². The summed E-state index contributed by atoms with van der Waals surface area (Å²) in [5.41, 5.74) is 2.27. The third-order valence-electron chi connectivity index (χ3n) is 3.00. The largest absolute Gasteiger partial charge is 0.423 e. The average Bonchev–Trinajstić information content (AvgIpc) is 2.26. The summed E-state index contributed by atoms with van der Waals surface area (Å²) in [6.45, 7) is 4.88. The van der Waals surface area contributed by atoms with E-state index in [0.717, 1.165) is 16.5 Å². The molecule has 1 atom stereocenters. The van der Waals surface area contributed by atoms with Crippen molar-refractivity contribution >= 4 is 11.0 Å². The van der Waals surface area contributed by atoms with Gasteiger partial charge in [-0.15, -0.1) is 0 Å².